The van der Waals surface area contributed by atoms with Crippen molar-refractivity contribution >= 4 is 5.97 Å². The molecule has 0 aromatic rings. The molecule has 0 radical (unpaired) electrons. The number of rotatable bonds is 10. The van der Waals surface area contributed by atoms with Crippen LogP contribution in [0.5, 0.6) is 0 Å². The first-order valence-corrected chi connectivity index (χ1v) is 10.8. The van der Waals surface area contributed by atoms with Crippen LogP contribution >= 0.6 is 0 Å². The first kappa shape index (κ1) is 30.2. The number of ether oxygens (including phenoxy) is 1. The first-order valence-electron chi connectivity index (χ1n) is 10.8. The van der Waals surface area contributed by atoms with Gasteiger partial charge in [-0.15, -0.1) is 0 Å². The minimum Gasteiger partial charge on any atom is -0.464 e. The van der Waals surface area contributed by atoms with Crippen molar-refractivity contribution in [3.05, 3.63) is 0 Å². The lowest BCUT2D eigenvalue weighted by Crippen LogP contribution is -2.46. The van der Waals surface area contributed by atoms with Crippen LogP contribution in [0.15, 0.2) is 0 Å². The molecule has 0 aliphatic rings. The molecule has 1 atom stereocenters. The van der Waals surface area contributed by atoms with Gasteiger partial charge in [-0.2, -0.15) is 0 Å². The molecule has 0 heterocycles. The predicted molar refractivity (Wildman–Crippen MR) is 118 cm³/mol. The van der Waals surface area contributed by atoms with Crippen molar-refractivity contribution in [3.8, 4) is 0 Å². The molecule has 3 nitrogen and oxygen atoms in total. The van der Waals surface area contributed by atoms with Crippen molar-refractivity contribution in [2.24, 2.45) is 16.2 Å². The smallest absolute Gasteiger partial charge is 0.312 e. The van der Waals surface area contributed by atoms with E-state index in [9.17, 15) is 4.79 Å². The zero-order chi connectivity index (χ0) is 21.6. The van der Waals surface area contributed by atoms with Crippen LogP contribution in [0, 0.1) is 16.2 Å². The standard InChI is InChI=1S/C19H39NO2.2C2H6/c1-10-17(4,5)19(7,15-18(6,11-2)12-3)16(21)22-14-13-20(8)9;2*1-2/h10-15H2,1-9H3;2*1-2H3. The highest BCUT2D eigenvalue weighted by molar-refractivity contribution is 5.77. The van der Waals surface area contributed by atoms with Gasteiger partial charge in [0.25, 0.3) is 0 Å². The Bertz CT molecular complexity index is 346. The van der Waals surface area contributed by atoms with E-state index in [1.807, 2.05) is 46.7 Å². The van der Waals surface area contributed by atoms with Gasteiger partial charge in [0.05, 0.1) is 5.41 Å². The lowest BCUT2D eigenvalue weighted by atomic mass is 9.58. The van der Waals surface area contributed by atoms with E-state index in [0.717, 1.165) is 32.2 Å². The van der Waals surface area contributed by atoms with Crippen LogP contribution in [0.2, 0.25) is 0 Å². The van der Waals surface area contributed by atoms with E-state index in [2.05, 4.69) is 48.5 Å². The second-order valence-corrected chi connectivity index (χ2v) is 8.20. The molecule has 0 aromatic carbocycles. The Morgan fingerprint density at radius 2 is 1.27 bits per heavy atom. The van der Waals surface area contributed by atoms with Crippen molar-refractivity contribution < 1.29 is 9.53 Å². The second kappa shape index (κ2) is 14.5. The van der Waals surface area contributed by atoms with E-state index >= 15 is 0 Å². The molecule has 26 heavy (non-hydrogen) atoms. The molecule has 0 aliphatic carbocycles. The van der Waals surface area contributed by atoms with Crippen LogP contribution in [-0.2, 0) is 9.53 Å². The van der Waals surface area contributed by atoms with Crippen LogP contribution in [0.25, 0.3) is 0 Å². The molecule has 0 saturated heterocycles. The summed E-state index contributed by atoms with van der Waals surface area (Å²) < 4.78 is 5.66. The monoisotopic (exact) mass is 373 g/mol. The van der Waals surface area contributed by atoms with Gasteiger partial charge in [-0.05, 0) is 44.7 Å². The van der Waals surface area contributed by atoms with E-state index in [1.54, 1.807) is 0 Å². The quantitative estimate of drug-likeness (QED) is 0.394. The van der Waals surface area contributed by atoms with Gasteiger partial charge in [-0.25, -0.2) is 0 Å². The van der Waals surface area contributed by atoms with Crippen molar-refractivity contribution in [2.75, 3.05) is 27.2 Å². The Morgan fingerprint density at radius 3 is 1.58 bits per heavy atom. The summed E-state index contributed by atoms with van der Waals surface area (Å²) in [5.74, 6) is -0.0330. The third kappa shape index (κ3) is 9.39. The van der Waals surface area contributed by atoms with Crippen LogP contribution < -0.4 is 0 Å². The highest BCUT2D eigenvalue weighted by Crippen LogP contribution is 2.51. The van der Waals surface area contributed by atoms with E-state index in [0.29, 0.717) is 6.61 Å². The maximum Gasteiger partial charge on any atom is 0.312 e. The fourth-order valence-electron chi connectivity index (χ4n) is 2.81. The summed E-state index contributed by atoms with van der Waals surface area (Å²) in [6.45, 7) is 24.7. The number of likely N-dealkylation sites (N-methyl/N-ethyl adjacent to an activating group) is 1. The normalized spacial score (nSPS) is 13.8. The van der Waals surface area contributed by atoms with Gasteiger partial charge in [0.15, 0.2) is 0 Å². The molecule has 0 fully saturated rings. The van der Waals surface area contributed by atoms with E-state index in [-0.39, 0.29) is 16.8 Å². The number of hydrogen-bond acceptors (Lipinski definition) is 3. The summed E-state index contributed by atoms with van der Waals surface area (Å²) >= 11 is 0. The molecule has 0 aliphatic heterocycles. The fraction of sp³-hybridized carbons (Fsp3) is 0.957. The highest BCUT2D eigenvalue weighted by Gasteiger charge is 2.50. The number of nitrogens with zero attached hydrogens (tertiary/aromatic N) is 1. The predicted octanol–water partition coefficient (Wildman–Crippen LogP) is 6.80. The van der Waals surface area contributed by atoms with Gasteiger partial charge in [0, 0.05) is 6.54 Å². The van der Waals surface area contributed by atoms with Crippen LogP contribution in [0.1, 0.15) is 102 Å². The molecule has 0 bridgehead atoms. The lowest BCUT2D eigenvalue weighted by Gasteiger charge is -2.46. The van der Waals surface area contributed by atoms with E-state index in [1.165, 1.54) is 0 Å². The zero-order valence-electron chi connectivity index (χ0n) is 20.5. The Kier molecular flexibility index (Phi) is 16.8. The van der Waals surface area contributed by atoms with Crippen LogP contribution in [0.3, 0.4) is 0 Å². The Labute approximate surface area is 166 Å². The summed E-state index contributed by atoms with van der Waals surface area (Å²) in [7, 11) is 3.99. The second-order valence-electron chi connectivity index (χ2n) is 8.20. The van der Waals surface area contributed by atoms with Gasteiger partial charge in [0.1, 0.15) is 6.61 Å². The van der Waals surface area contributed by atoms with E-state index in [4.69, 9.17) is 4.74 Å². The Hall–Kier alpha value is -0.570. The molecular weight excluding hydrogens is 322 g/mol. The average Bonchev–Trinajstić information content (AvgIpc) is 2.64. The van der Waals surface area contributed by atoms with Gasteiger partial charge in [0.2, 0.25) is 0 Å². The highest BCUT2D eigenvalue weighted by atomic mass is 16.5. The molecule has 0 saturated carbocycles. The number of esters is 1. The van der Waals surface area contributed by atoms with Crippen molar-refractivity contribution in [3.63, 3.8) is 0 Å². The largest absolute Gasteiger partial charge is 0.464 e. The van der Waals surface area contributed by atoms with Crippen LogP contribution in [0.4, 0.5) is 0 Å². The summed E-state index contributed by atoms with van der Waals surface area (Å²) in [5.41, 5.74) is -0.343. The third-order valence-electron chi connectivity index (χ3n) is 6.09. The van der Waals surface area contributed by atoms with Crippen molar-refractivity contribution in [1.29, 1.82) is 0 Å². The Balaban J connectivity index is -0.00000123. The molecule has 160 valence electrons. The van der Waals surface area contributed by atoms with Gasteiger partial charge >= 0.3 is 5.97 Å². The molecule has 0 N–H and O–H groups in total. The zero-order valence-corrected chi connectivity index (χ0v) is 20.5. The molecule has 0 aromatic heterocycles. The minimum absolute atomic E-state index is 0.0330. The minimum atomic E-state index is -0.450. The molecule has 1 unspecified atom stereocenters. The molecule has 0 amide bonds. The first-order chi connectivity index (χ1) is 12.0. The SMILES string of the molecule is CC.CC.CCC(C)(CC)CC(C)(C(=O)OCCN(C)C)C(C)(C)CC. The van der Waals surface area contributed by atoms with Crippen LogP contribution in [-0.4, -0.2) is 38.1 Å². The topological polar surface area (TPSA) is 29.5 Å². The number of hydrogen-bond donors (Lipinski definition) is 0. The summed E-state index contributed by atoms with van der Waals surface area (Å²) in [6.07, 6.45) is 4.03. The van der Waals surface area contributed by atoms with Gasteiger partial charge < -0.3 is 9.64 Å². The third-order valence-corrected chi connectivity index (χ3v) is 6.09. The molecule has 3 heteroatoms. The maximum atomic E-state index is 12.9. The summed E-state index contributed by atoms with van der Waals surface area (Å²) in [5, 5.41) is 0. The lowest BCUT2D eigenvalue weighted by molar-refractivity contribution is -0.166. The number of carbonyl (C=O) groups excluding carboxylic acids is 1. The van der Waals surface area contributed by atoms with Gasteiger partial charge in [-0.1, -0.05) is 82.1 Å². The Morgan fingerprint density at radius 1 is 0.846 bits per heavy atom. The van der Waals surface area contributed by atoms with E-state index < -0.39 is 5.41 Å². The number of carbonyl (C=O) groups is 1. The molecule has 0 spiro atoms. The average molecular weight is 374 g/mol. The molecular formula is C23H51NO2. The van der Waals surface area contributed by atoms with Crippen molar-refractivity contribution in [2.45, 2.75) is 102 Å². The van der Waals surface area contributed by atoms with Crippen molar-refractivity contribution in [1.82, 2.24) is 4.90 Å². The summed E-state index contributed by atoms with van der Waals surface area (Å²) in [6, 6.07) is 0. The maximum absolute atomic E-state index is 12.9. The van der Waals surface area contributed by atoms with Gasteiger partial charge in [-0.3, -0.25) is 4.79 Å². The summed E-state index contributed by atoms with van der Waals surface area (Å²) in [4.78, 5) is 15.0. The molecule has 0 rings (SSSR count). The fourth-order valence-corrected chi connectivity index (χ4v) is 2.81.